The molecular formula is C24H34N4O5. The molecule has 2 aromatic heterocycles. The molecule has 0 aromatic carbocycles. The number of rotatable bonds is 9. The second-order valence-corrected chi connectivity index (χ2v) is 8.67. The lowest BCUT2D eigenvalue weighted by molar-refractivity contribution is -0.143. The summed E-state index contributed by atoms with van der Waals surface area (Å²) in [5, 5.41) is 13.7. The topological polar surface area (TPSA) is 107 Å². The number of hydrogen-bond donors (Lipinski definition) is 1. The van der Waals surface area contributed by atoms with E-state index in [0.717, 1.165) is 48.3 Å². The van der Waals surface area contributed by atoms with Gasteiger partial charge >= 0.3 is 12.1 Å². The first kappa shape index (κ1) is 24.5. The molecule has 1 N–H and O–H groups in total. The third-order valence-corrected chi connectivity index (χ3v) is 6.07. The quantitative estimate of drug-likeness (QED) is 0.562. The van der Waals surface area contributed by atoms with Crippen LogP contribution in [0.5, 0.6) is 5.75 Å². The highest BCUT2D eigenvalue weighted by Crippen LogP contribution is 2.31. The highest BCUT2D eigenvalue weighted by atomic mass is 16.6. The minimum atomic E-state index is -0.753. The van der Waals surface area contributed by atoms with Crippen molar-refractivity contribution in [3.63, 3.8) is 0 Å². The zero-order valence-corrected chi connectivity index (χ0v) is 19.9. The number of pyridine rings is 1. The second kappa shape index (κ2) is 11.2. The number of unbranched alkanes of at least 4 members (excludes halogenated alkanes) is 1. The Bertz CT molecular complexity index is 974. The summed E-state index contributed by atoms with van der Waals surface area (Å²) in [6.07, 6.45) is 5.98. The van der Waals surface area contributed by atoms with Gasteiger partial charge in [0, 0.05) is 19.7 Å². The van der Waals surface area contributed by atoms with Gasteiger partial charge in [0.1, 0.15) is 5.75 Å². The van der Waals surface area contributed by atoms with Gasteiger partial charge in [-0.3, -0.25) is 9.48 Å². The molecule has 2 aromatic rings. The molecule has 0 bridgehead atoms. The van der Waals surface area contributed by atoms with Crippen molar-refractivity contribution in [2.24, 2.45) is 13.0 Å². The monoisotopic (exact) mass is 458 g/mol. The molecule has 1 saturated carbocycles. The first-order chi connectivity index (χ1) is 15.8. The minimum absolute atomic E-state index is 0.118. The number of carboxylic acid groups (broad SMARTS) is 1. The van der Waals surface area contributed by atoms with Gasteiger partial charge in [0.15, 0.2) is 0 Å². The van der Waals surface area contributed by atoms with Crippen molar-refractivity contribution in [3.8, 4) is 17.0 Å². The van der Waals surface area contributed by atoms with E-state index in [-0.39, 0.29) is 18.1 Å². The number of carbonyl (C=O) groups excluding carboxylic acids is 1. The molecule has 0 aliphatic heterocycles. The maximum Gasteiger partial charge on any atom is 0.409 e. The van der Waals surface area contributed by atoms with Crippen LogP contribution >= 0.6 is 0 Å². The number of amides is 1. The lowest BCUT2D eigenvalue weighted by Crippen LogP contribution is -2.29. The lowest BCUT2D eigenvalue weighted by atomic mass is 9.87. The standard InChI is InChI=1S/C24H34N4O5/c1-5-6-12-32-24(31)27(3)15-21-19(14-25-28(21)4)20-10-11-22(16(2)26-20)33-18-9-7-8-17(13-18)23(29)30/h10-11,14,17-18H,5-9,12-13,15H2,1-4H3,(H,29,30)/t17-,18?/m0/s1. The third-order valence-electron chi connectivity index (χ3n) is 6.07. The van der Waals surface area contributed by atoms with E-state index in [1.165, 1.54) is 4.90 Å². The van der Waals surface area contributed by atoms with Gasteiger partial charge in [0.2, 0.25) is 0 Å². The number of carbonyl (C=O) groups is 2. The van der Waals surface area contributed by atoms with Crippen molar-refractivity contribution in [1.29, 1.82) is 0 Å². The molecule has 180 valence electrons. The van der Waals surface area contributed by atoms with Crippen LogP contribution in [0.2, 0.25) is 0 Å². The molecule has 0 saturated heterocycles. The average Bonchev–Trinajstić information content (AvgIpc) is 3.15. The Kier molecular flexibility index (Phi) is 8.30. The summed E-state index contributed by atoms with van der Waals surface area (Å²) >= 11 is 0. The van der Waals surface area contributed by atoms with E-state index >= 15 is 0 Å². The molecule has 2 atom stereocenters. The SMILES string of the molecule is CCCCOC(=O)N(C)Cc1c(-c2ccc(OC3CCC[C@H](C(=O)O)C3)c(C)n2)cnn1C. The van der Waals surface area contributed by atoms with E-state index in [1.807, 2.05) is 33.0 Å². The molecule has 0 radical (unpaired) electrons. The molecule has 33 heavy (non-hydrogen) atoms. The fourth-order valence-corrected chi connectivity index (χ4v) is 4.05. The maximum absolute atomic E-state index is 12.3. The summed E-state index contributed by atoms with van der Waals surface area (Å²) in [5.74, 6) is -0.437. The van der Waals surface area contributed by atoms with Gasteiger partial charge in [-0.05, 0) is 51.2 Å². The van der Waals surface area contributed by atoms with E-state index in [0.29, 0.717) is 31.7 Å². The number of hydrogen-bond acceptors (Lipinski definition) is 6. The smallest absolute Gasteiger partial charge is 0.409 e. The minimum Gasteiger partial charge on any atom is -0.489 e. The predicted octanol–water partition coefficient (Wildman–Crippen LogP) is 4.18. The van der Waals surface area contributed by atoms with Crippen molar-refractivity contribution >= 4 is 12.1 Å². The largest absolute Gasteiger partial charge is 0.489 e. The van der Waals surface area contributed by atoms with Crippen LogP contribution in [-0.4, -0.2) is 56.6 Å². The molecule has 9 heteroatoms. The van der Waals surface area contributed by atoms with Crippen molar-refractivity contribution < 1.29 is 24.2 Å². The van der Waals surface area contributed by atoms with Crippen LogP contribution in [-0.2, 0) is 23.1 Å². The summed E-state index contributed by atoms with van der Waals surface area (Å²) in [6, 6.07) is 3.75. The Morgan fingerprint density at radius 3 is 2.79 bits per heavy atom. The number of nitrogens with zero attached hydrogens (tertiary/aromatic N) is 4. The van der Waals surface area contributed by atoms with E-state index in [4.69, 9.17) is 14.5 Å². The normalized spacial score (nSPS) is 18.1. The van der Waals surface area contributed by atoms with Crippen molar-refractivity contribution in [3.05, 3.63) is 29.7 Å². The molecule has 0 spiro atoms. The van der Waals surface area contributed by atoms with Gasteiger partial charge in [-0.15, -0.1) is 0 Å². The van der Waals surface area contributed by atoms with Crippen LogP contribution in [0.4, 0.5) is 4.79 Å². The third kappa shape index (κ3) is 6.24. The Hall–Kier alpha value is -3.10. The van der Waals surface area contributed by atoms with Crippen LogP contribution < -0.4 is 4.74 Å². The number of aliphatic carboxylic acids is 1. The Morgan fingerprint density at radius 2 is 2.09 bits per heavy atom. The predicted molar refractivity (Wildman–Crippen MR) is 123 cm³/mol. The number of carboxylic acids is 1. The highest BCUT2D eigenvalue weighted by molar-refractivity contribution is 5.70. The fourth-order valence-electron chi connectivity index (χ4n) is 4.05. The van der Waals surface area contributed by atoms with Gasteiger partial charge < -0.3 is 19.5 Å². The van der Waals surface area contributed by atoms with Crippen LogP contribution in [0, 0.1) is 12.8 Å². The molecule has 9 nitrogen and oxygen atoms in total. The highest BCUT2D eigenvalue weighted by Gasteiger charge is 2.28. The molecule has 1 amide bonds. The summed E-state index contributed by atoms with van der Waals surface area (Å²) in [7, 11) is 3.54. The van der Waals surface area contributed by atoms with Gasteiger partial charge in [-0.2, -0.15) is 5.10 Å². The number of ether oxygens (including phenoxy) is 2. The number of aromatic nitrogens is 3. The Labute approximate surface area is 194 Å². The fraction of sp³-hybridized carbons (Fsp3) is 0.583. The van der Waals surface area contributed by atoms with E-state index in [2.05, 4.69) is 5.10 Å². The Balaban J connectivity index is 1.71. The maximum atomic E-state index is 12.3. The van der Waals surface area contributed by atoms with Gasteiger partial charge in [-0.25, -0.2) is 9.78 Å². The summed E-state index contributed by atoms with van der Waals surface area (Å²) in [5.41, 5.74) is 3.15. The molecule has 1 aliphatic carbocycles. The van der Waals surface area contributed by atoms with E-state index in [9.17, 15) is 14.7 Å². The van der Waals surface area contributed by atoms with E-state index < -0.39 is 5.97 Å². The molecule has 1 aliphatic rings. The van der Waals surface area contributed by atoms with Crippen LogP contribution in [0.1, 0.15) is 56.8 Å². The summed E-state index contributed by atoms with van der Waals surface area (Å²) in [6.45, 7) is 4.68. The average molecular weight is 459 g/mol. The van der Waals surface area contributed by atoms with Crippen LogP contribution in [0.25, 0.3) is 11.3 Å². The first-order valence-corrected chi connectivity index (χ1v) is 11.6. The van der Waals surface area contributed by atoms with Crippen molar-refractivity contribution in [2.45, 2.75) is 65.0 Å². The Morgan fingerprint density at radius 1 is 1.30 bits per heavy atom. The lowest BCUT2D eigenvalue weighted by Gasteiger charge is -2.27. The first-order valence-electron chi connectivity index (χ1n) is 11.6. The van der Waals surface area contributed by atoms with Crippen molar-refractivity contribution in [1.82, 2.24) is 19.7 Å². The molecule has 1 unspecified atom stereocenters. The zero-order chi connectivity index (χ0) is 24.0. The van der Waals surface area contributed by atoms with Gasteiger partial charge in [0.05, 0.1) is 48.5 Å². The van der Waals surface area contributed by atoms with E-state index in [1.54, 1.807) is 17.9 Å². The zero-order valence-electron chi connectivity index (χ0n) is 19.9. The number of aryl methyl sites for hydroxylation is 2. The molecule has 3 rings (SSSR count). The van der Waals surface area contributed by atoms with Gasteiger partial charge in [-0.1, -0.05) is 13.3 Å². The molecule has 2 heterocycles. The molecule has 1 fully saturated rings. The summed E-state index contributed by atoms with van der Waals surface area (Å²) in [4.78, 5) is 29.8. The molecular weight excluding hydrogens is 424 g/mol. The second-order valence-electron chi connectivity index (χ2n) is 8.67. The van der Waals surface area contributed by atoms with Crippen LogP contribution in [0.3, 0.4) is 0 Å². The van der Waals surface area contributed by atoms with Crippen LogP contribution in [0.15, 0.2) is 18.3 Å². The summed E-state index contributed by atoms with van der Waals surface area (Å²) < 4.78 is 13.2. The van der Waals surface area contributed by atoms with Gasteiger partial charge in [0.25, 0.3) is 0 Å². The van der Waals surface area contributed by atoms with Crippen molar-refractivity contribution in [2.75, 3.05) is 13.7 Å².